The van der Waals surface area contributed by atoms with Crippen LogP contribution in [0.3, 0.4) is 0 Å². The molecule has 0 saturated carbocycles. The van der Waals surface area contributed by atoms with Crippen molar-refractivity contribution in [1.82, 2.24) is 10.2 Å². The molecular weight excluding hydrogens is 368 g/mol. The van der Waals surface area contributed by atoms with Crippen LogP contribution in [0.1, 0.15) is 17.6 Å². The van der Waals surface area contributed by atoms with Crippen molar-refractivity contribution in [3.63, 3.8) is 0 Å². The summed E-state index contributed by atoms with van der Waals surface area (Å²) in [4.78, 5) is 11.4. The van der Waals surface area contributed by atoms with Gasteiger partial charge in [-0.25, -0.2) is 4.79 Å². The van der Waals surface area contributed by atoms with E-state index >= 15 is 0 Å². The molecule has 18 heavy (non-hydrogen) atoms. The van der Waals surface area contributed by atoms with Crippen LogP contribution >= 0.6 is 31.9 Å². The quantitative estimate of drug-likeness (QED) is 0.769. The van der Waals surface area contributed by atoms with E-state index in [1.54, 1.807) is 13.0 Å². The highest BCUT2D eigenvalue weighted by atomic mass is 79.9. The summed E-state index contributed by atoms with van der Waals surface area (Å²) in [5, 5.41) is 7.47. The maximum absolute atomic E-state index is 11.4. The van der Waals surface area contributed by atoms with Gasteiger partial charge < -0.3 is 9.15 Å². The molecule has 94 valence electrons. The number of benzene rings is 1. The van der Waals surface area contributed by atoms with Crippen LogP contribution in [0.15, 0.2) is 31.6 Å². The summed E-state index contributed by atoms with van der Waals surface area (Å²) < 4.78 is 11.7. The van der Waals surface area contributed by atoms with Crippen LogP contribution in [0.25, 0.3) is 11.5 Å². The Balaban J connectivity index is 2.32. The van der Waals surface area contributed by atoms with E-state index in [-0.39, 0.29) is 18.4 Å². The third-order valence-corrected chi connectivity index (χ3v) is 3.19. The van der Waals surface area contributed by atoms with Crippen molar-refractivity contribution >= 4 is 37.8 Å². The average Bonchev–Trinajstić information content (AvgIpc) is 2.78. The predicted octanol–water partition coefficient (Wildman–Crippen LogP) is 3.44. The maximum Gasteiger partial charge on any atom is 0.396 e. The zero-order valence-electron chi connectivity index (χ0n) is 9.31. The molecule has 1 heterocycles. The molecule has 1 aromatic carbocycles. The number of esters is 1. The molecule has 0 bridgehead atoms. The number of rotatable bonds is 3. The fourth-order valence-electron chi connectivity index (χ4n) is 1.27. The van der Waals surface area contributed by atoms with Crippen molar-refractivity contribution in [2.24, 2.45) is 0 Å². The second-order valence-electron chi connectivity index (χ2n) is 3.26. The zero-order chi connectivity index (χ0) is 13.1. The lowest BCUT2D eigenvalue weighted by Gasteiger charge is -1.99. The van der Waals surface area contributed by atoms with Crippen LogP contribution in [0.2, 0.25) is 0 Å². The lowest BCUT2D eigenvalue weighted by atomic mass is 10.2. The molecule has 7 heteroatoms. The lowest BCUT2D eigenvalue weighted by Crippen LogP contribution is -2.04. The van der Waals surface area contributed by atoms with Crippen molar-refractivity contribution < 1.29 is 13.9 Å². The first-order valence-electron chi connectivity index (χ1n) is 5.08. The summed E-state index contributed by atoms with van der Waals surface area (Å²) in [5.41, 5.74) is 0.709. The average molecular weight is 376 g/mol. The third-order valence-electron chi connectivity index (χ3n) is 2.04. The number of hydrogen-bond donors (Lipinski definition) is 0. The molecule has 0 saturated heterocycles. The van der Waals surface area contributed by atoms with E-state index in [0.717, 1.165) is 8.95 Å². The second-order valence-corrected chi connectivity index (χ2v) is 5.03. The molecule has 0 radical (unpaired) electrons. The smallest absolute Gasteiger partial charge is 0.396 e. The first-order chi connectivity index (χ1) is 8.61. The molecule has 0 fully saturated rings. The van der Waals surface area contributed by atoms with Gasteiger partial charge in [0.1, 0.15) is 0 Å². The Morgan fingerprint density at radius 2 is 2.17 bits per heavy atom. The monoisotopic (exact) mass is 374 g/mol. The Morgan fingerprint density at radius 1 is 1.39 bits per heavy atom. The predicted molar refractivity (Wildman–Crippen MR) is 71.1 cm³/mol. The van der Waals surface area contributed by atoms with Gasteiger partial charge in [0.2, 0.25) is 5.89 Å². The summed E-state index contributed by atoms with van der Waals surface area (Å²) in [6, 6.07) is 5.49. The van der Waals surface area contributed by atoms with Crippen molar-refractivity contribution in [3.05, 3.63) is 33.0 Å². The van der Waals surface area contributed by atoms with E-state index in [1.165, 1.54) is 0 Å². The lowest BCUT2D eigenvalue weighted by molar-refractivity contribution is 0.0481. The number of hydrogen-bond acceptors (Lipinski definition) is 5. The van der Waals surface area contributed by atoms with E-state index in [2.05, 4.69) is 42.1 Å². The minimum absolute atomic E-state index is 0.151. The van der Waals surface area contributed by atoms with Crippen LogP contribution in [-0.2, 0) is 4.74 Å². The molecule has 1 aromatic heterocycles. The van der Waals surface area contributed by atoms with E-state index in [9.17, 15) is 4.79 Å². The van der Waals surface area contributed by atoms with E-state index in [0.29, 0.717) is 5.56 Å². The van der Waals surface area contributed by atoms with Crippen LogP contribution in [-0.4, -0.2) is 22.8 Å². The molecule has 0 aliphatic heterocycles. The Bertz CT molecular complexity index is 583. The number of carbonyl (C=O) groups excluding carboxylic acids is 1. The Kier molecular flexibility index (Phi) is 4.13. The molecule has 0 unspecified atom stereocenters. The number of nitrogens with zero attached hydrogens (tertiary/aromatic N) is 2. The van der Waals surface area contributed by atoms with Crippen molar-refractivity contribution in [1.29, 1.82) is 0 Å². The molecule has 0 atom stereocenters. The fraction of sp³-hybridized carbons (Fsp3) is 0.182. The largest absolute Gasteiger partial charge is 0.459 e. The number of halogens is 2. The topological polar surface area (TPSA) is 65.2 Å². The van der Waals surface area contributed by atoms with Gasteiger partial charge in [0.25, 0.3) is 0 Å². The van der Waals surface area contributed by atoms with Crippen LogP contribution in [0.5, 0.6) is 0 Å². The standard InChI is InChI=1S/C11H8Br2N2O3/c1-2-17-11(16)10-15-14-9(18-10)7-4-3-6(12)5-8(7)13/h3-5H,2H2,1H3. The SMILES string of the molecule is CCOC(=O)c1nnc(-c2ccc(Br)cc2Br)o1. The van der Waals surface area contributed by atoms with Gasteiger partial charge in [-0.2, -0.15) is 0 Å². The van der Waals surface area contributed by atoms with Crippen molar-refractivity contribution in [2.75, 3.05) is 6.61 Å². The molecule has 5 nitrogen and oxygen atoms in total. The Labute approximate surface area is 120 Å². The van der Waals surface area contributed by atoms with E-state index < -0.39 is 5.97 Å². The molecule has 2 aromatic rings. The number of carbonyl (C=O) groups is 1. The maximum atomic E-state index is 11.4. The van der Waals surface area contributed by atoms with Crippen molar-refractivity contribution in [2.45, 2.75) is 6.92 Å². The van der Waals surface area contributed by atoms with Gasteiger partial charge in [0.05, 0.1) is 12.2 Å². The first-order valence-corrected chi connectivity index (χ1v) is 6.66. The van der Waals surface area contributed by atoms with Gasteiger partial charge in [0, 0.05) is 8.95 Å². The highest BCUT2D eigenvalue weighted by Crippen LogP contribution is 2.29. The highest BCUT2D eigenvalue weighted by Gasteiger charge is 2.18. The van der Waals surface area contributed by atoms with Gasteiger partial charge in [-0.1, -0.05) is 15.9 Å². The highest BCUT2D eigenvalue weighted by molar-refractivity contribution is 9.11. The number of aromatic nitrogens is 2. The second kappa shape index (κ2) is 5.62. The summed E-state index contributed by atoms with van der Waals surface area (Å²) in [6.45, 7) is 1.97. The Hall–Kier alpha value is -1.21. The molecule has 2 rings (SSSR count). The fourth-order valence-corrected chi connectivity index (χ4v) is 2.49. The van der Waals surface area contributed by atoms with Crippen LogP contribution < -0.4 is 0 Å². The van der Waals surface area contributed by atoms with Crippen LogP contribution in [0, 0.1) is 0 Å². The van der Waals surface area contributed by atoms with Gasteiger partial charge in [-0.05, 0) is 41.1 Å². The first kappa shape index (κ1) is 13.2. The van der Waals surface area contributed by atoms with Gasteiger partial charge in [0.15, 0.2) is 0 Å². The summed E-state index contributed by atoms with van der Waals surface area (Å²) in [7, 11) is 0. The summed E-state index contributed by atoms with van der Waals surface area (Å²) in [5.74, 6) is -0.511. The van der Waals surface area contributed by atoms with Gasteiger partial charge in [-0.15, -0.1) is 10.2 Å². The van der Waals surface area contributed by atoms with E-state index in [4.69, 9.17) is 9.15 Å². The molecule has 0 N–H and O–H groups in total. The van der Waals surface area contributed by atoms with Crippen LogP contribution in [0.4, 0.5) is 0 Å². The molecular formula is C11H8Br2N2O3. The molecule has 0 amide bonds. The minimum Gasteiger partial charge on any atom is -0.459 e. The summed E-state index contributed by atoms with van der Waals surface area (Å²) >= 11 is 6.73. The normalized spacial score (nSPS) is 10.4. The third kappa shape index (κ3) is 2.78. The van der Waals surface area contributed by atoms with Gasteiger partial charge in [-0.3, -0.25) is 0 Å². The molecule has 0 aliphatic rings. The zero-order valence-corrected chi connectivity index (χ0v) is 12.5. The minimum atomic E-state index is -0.621. The van der Waals surface area contributed by atoms with Gasteiger partial charge >= 0.3 is 11.9 Å². The number of ether oxygens (including phenoxy) is 1. The van der Waals surface area contributed by atoms with E-state index in [1.807, 2.05) is 12.1 Å². The molecule has 0 aliphatic carbocycles. The summed E-state index contributed by atoms with van der Waals surface area (Å²) in [6.07, 6.45) is 0. The molecule has 0 spiro atoms. The van der Waals surface area contributed by atoms with Crippen molar-refractivity contribution in [3.8, 4) is 11.5 Å². The Morgan fingerprint density at radius 3 is 2.83 bits per heavy atom.